The number of aliphatic hydroxyl groups excluding tert-OH is 2. The van der Waals surface area contributed by atoms with Crippen molar-refractivity contribution in [1.29, 1.82) is 0 Å². The lowest BCUT2D eigenvalue weighted by atomic mass is 9.73. The minimum absolute atomic E-state index is 0.0362. The Bertz CT molecular complexity index is 949. The second kappa shape index (κ2) is 12.9. The zero-order chi connectivity index (χ0) is 28.1. The predicted molar refractivity (Wildman–Crippen MR) is 141 cm³/mol. The molecule has 9 nitrogen and oxygen atoms in total. The Morgan fingerprint density at radius 3 is 2.46 bits per heavy atom. The van der Waals surface area contributed by atoms with Crippen molar-refractivity contribution >= 4 is 28.9 Å². The van der Waals surface area contributed by atoms with Gasteiger partial charge in [0, 0.05) is 17.3 Å². The molecule has 0 radical (unpaired) electrons. The first kappa shape index (κ1) is 31.5. The Morgan fingerprint density at radius 1 is 1.24 bits per heavy atom. The molecule has 210 valence electrons. The molecule has 0 saturated carbocycles. The van der Waals surface area contributed by atoms with Crippen LogP contribution in [0.25, 0.3) is 0 Å². The summed E-state index contributed by atoms with van der Waals surface area (Å²) in [6.07, 6.45) is 2.24. The fourth-order valence-electron chi connectivity index (χ4n) is 4.94. The van der Waals surface area contributed by atoms with Gasteiger partial charge in [0.1, 0.15) is 11.4 Å². The Kier molecular flexibility index (Phi) is 11.0. The molecule has 1 saturated heterocycles. The molecular formula is C27H44N2O7S. The second-order valence-corrected chi connectivity index (χ2v) is 12.5. The fraction of sp³-hybridized carbons (Fsp3) is 0.778. The molecule has 1 aromatic rings. The first-order chi connectivity index (χ1) is 17.1. The number of hydrogen-bond donors (Lipinski definition) is 4. The number of hydrogen-bond acceptors (Lipinski definition) is 9. The Hall–Kier alpha value is -1.72. The van der Waals surface area contributed by atoms with E-state index in [9.17, 15) is 24.6 Å². The van der Waals surface area contributed by atoms with Gasteiger partial charge < -0.3 is 25.8 Å². The van der Waals surface area contributed by atoms with Crippen LogP contribution in [-0.4, -0.2) is 61.7 Å². The summed E-state index contributed by atoms with van der Waals surface area (Å²) >= 11 is 1.45. The van der Waals surface area contributed by atoms with Gasteiger partial charge in [-0.3, -0.25) is 14.4 Å². The van der Waals surface area contributed by atoms with Gasteiger partial charge in [0.25, 0.3) is 0 Å². The van der Waals surface area contributed by atoms with Crippen molar-refractivity contribution in [1.82, 2.24) is 4.98 Å². The molecule has 7 atom stereocenters. The van der Waals surface area contributed by atoms with Gasteiger partial charge in [-0.1, -0.05) is 27.2 Å². The molecule has 0 bridgehead atoms. The summed E-state index contributed by atoms with van der Waals surface area (Å²) in [5, 5.41) is 31.5. The average molecular weight is 541 g/mol. The van der Waals surface area contributed by atoms with Gasteiger partial charge in [0.15, 0.2) is 11.6 Å². The number of rotatable bonds is 17. The molecule has 0 amide bonds. The van der Waals surface area contributed by atoms with Crippen LogP contribution < -0.4 is 5.73 Å². The van der Waals surface area contributed by atoms with Gasteiger partial charge in [-0.2, -0.15) is 0 Å². The van der Waals surface area contributed by atoms with Crippen molar-refractivity contribution in [3.8, 4) is 0 Å². The van der Waals surface area contributed by atoms with Crippen molar-refractivity contribution in [2.45, 2.75) is 111 Å². The minimum atomic E-state index is -1.46. The number of carbonyl (C=O) groups excluding carboxylic acids is 2. The largest absolute Gasteiger partial charge is 0.481 e. The molecule has 0 aromatic carbocycles. The quantitative estimate of drug-likeness (QED) is 0.172. The van der Waals surface area contributed by atoms with Crippen molar-refractivity contribution in [2.75, 3.05) is 0 Å². The van der Waals surface area contributed by atoms with E-state index in [0.717, 1.165) is 31.4 Å². The van der Waals surface area contributed by atoms with Crippen LogP contribution in [0.3, 0.4) is 0 Å². The summed E-state index contributed by atoms with van der Waals surface area (Å²) in [5.41, 5.74) is 5.69. The maximum Gasteiger partial charge on any atom is 0.310 e. The maximum absolute atomic E-state index is 12.9. The second-order valence-electron chi connectivity index (χ2n) is 11.5. The van der Waals surface area contributed by atoms with Gasteiger partial charge >= 0.3 is 5.97 Å². The van der Waals surface area contributed by atoms with E-state index >= 15 is 0 Å². The van der Waals surface area contributed by atoms with Crippen molar-refractivity contribution < 1.29 is 34.4 Å². The number of ether oxygens (including phenoxy) is 1. The van der Waals surface area contributed by atoms with E-state index in [1.807, 2.05) is 12.3 Å². The van der Waals surface area contributed by atoms with Gasteiger partial charge in [-0.15, -0.1) is 11.3 Å². The smallest absolute Gasteiger partial charge is 0.310 e. The zero-order valence-electron chi connectivity index (χ0n) is 22.9. The number of nitrogens with two attached hydrogens (primary N) is 1. The van der Waals surface area contributed by atoms with E-state index < -0.39 is 41.4 Å². The number of nitrogens with zero attached hydrogens (tertiary/aromatic N) is 1. The van der Waals surface area contributed by atoms with E-state index in [4.69, 9.17) is 15.6 Å². The number of carbonyl (C=O) groups is 3. The number of Topliss-reactive ketones (excluding diaryl/α,β-unsaturated/α-hetero) is 2. The van der Waals surface area contributed by atoms with Crippen LogP contribution in [-0.2, 0) is 32.1 Å². The zero-order valence-corrected chi connectivity index (χ0v) is 23.7. The number of aliphatic carboxylic acids is 1. The molecule has 37 heavy (non-hydrogen) atoms. The number of ketones is 2. The molecule has 2 rings (SSSR count). The van der Waals surface area contributed by atoms with E-state index in [0.29, 0.717) is 11.4 Å². The van der Waals surface area contributed by atoms with Crippen LogP contribution in [0.1, 0.15) is 84.3 Å². The van der Waals surface area contributed by atoms with Crippen LogP contribution in [0.2, 0.25) is 0 Å². The molecule has 1 aromatic heterocycles. The Morgan fingerprint density at radius 2 is 1.89 bits per heavy atom. The summed E-state index contributed by atoms with van der Waals surface area (Å²) in [6.45, 7) is 10.5. The van der Waals surface area contributed by atoms with E-state index in [2.05, 4.69) is 18.8 Å². The molecule has 1 unspecified atom stereocenters. The highest BCUT2D eigenvalue weighted by molar-refractivity contribution is 7.09. The van der Waals surface area contributed by atoms with Crippen LogP contribution >= 0.6 is 11.3 Å². The number of epoxide rings is 1. The number of aromatic nitrogens is 1. The summed E-state index contributed by atoms with van der Waals surface area (Å²) in [4.78, 5) is 40.4. The highest BCUT2D eigenvalue weighted by Gasteiger charge is 2.52. The van der Waals surface area contributed by atoms with Gasteiger partial charge in [-0.05, 0) is 58.3 Å². The molecule has 1 aliphatic heterocycles. The molecule has 1 fully saturated rings. The molecule has 10 heteroatoms. The molecule has 5 N–H and O–H groups in total. The average Bonchev–Trinajstić information content (AvgIpc) is 3.23. The van der Waals surface area contributed by atoms with Gasteiger partial charge in [0.2, 0.25) is 0 Å². The molecule has 0 spiro atoms. The predicted octanol–water partition coefficient (Wildman–Crippen LogP) is 3.13. The summed E-state index contributed by atoms with van der Waals surface area (Å²) in [5.74, 6) is -3.10. The first-order valence-electron chi connectivity index (χ1n) is 13.1. The molecule has 0 aliphatic carbocycles. The highest BCUT2D eigenvalue weighted by atomic mass is 32.1. The van der Waals surface area contributed by atoms with E-state index in [1.165, 1.54) is 25.2 Å². The first-order valence-corrected chi connectivity index (χ1v) is 13.9. The monoisotopic (exact) mass is 540 g/mol. The summed E-state index contributed by atoms with van der Waals surface area (Å²) < 4.78 is 6.00. The lowest BCUT2D eigenvalue weighted by molar-refractivity contribution is -0.147. The van der Waals surface area contributed by atoms with E-state index in [1.54, 1.807) is 6.92 Å². The van der Waals surface area contributed by atoms with Crippen molar-refractivity contribution in [3.05, 3.63) is 16.1 Å². The molecular weight excluding hydrogens is 496 g/mol. The highest BCUT2D eigenvalue weighted by Crippen LogP contribution is 2.44. The number of carboxylic acid groups (broad SMARTS) is 1. The third-order valence-electron chi connectivity index (χ3n) is 7.98. The number of thiazole rings is 1. The minimum Gasteiger partial charge on any atom is -0.481 e. The fourth-order valence-corrected chi connectivity index (χ4v) is 5.61. The van der Waals surface area contributed by atoms with Crippen LogP contribution in [0.4, 0.5) is 0 Å². The third-order valence-corrected chi connectivity index (χ3v) is 8.87. The SMILES string of the molecule is CC(Cc1csc(CO)n1)[C@@H](N)C[C@@H]1O[C@]1(C)CCC[C@H](C)[C@H](O)[C@@H](C)C(=O)C(C)(C)C(=O)CC(=O)O. The lowest BCUT2D eigenvalue weighted by Gasteiger charge is -2.30. The third kappa shape index (κ3) is 8.38. The number of aliphatic hydroxyl groups is 2. The van der Waals surface area contributed by atoms with E-state index in [-0.39, 0.29) is 36.2 Å². The number of carboxylic acids is 1. The summed E-state index contributed by atoms with van der Waals surface area (Å²) in [6, 6.07) is -0.0362. The topological polar surface area (TPSA) is 163 Å². The van der Waals surface area contributed by atoms with Gasteiger partial charge in [-0.25, -0.2) is 4.98 Å². The molecule has 2 heterocycles. The van der Waals surface area contributed by atoms with Crippen molar-refractivity contribution in [2.24, 2.45) is 28.9 Å². The van der Waals surface area contributed by atoms with Crippen LogP contribution in [0, 0.1) is 23.2 Å². The maximum atomic E-state index is 12.9. The lowest BCUT2D eigenvalue weighted by Crippen LogP contribution is -2.43. The van der Waals surface area contributed by atoms with Gasteiger partial charge in [0.05, 0.1) is 35.5 Å². The summed E-state index contributed by atoms with van der Waals surface area (Å²) in [7, 11) is 0. The van der Waals surface area contributed by atoms with Crippen LogP contribution in [0.15, 0.2) is 5.38 Å². The molecule has 1 aliphatic rings. The van der Waals surface area contributed by atoms with Crippen LogP contribution in [0.5, 0.6) is 0 Å². The Balaban J connectivity index is 1.77. The Labute approximate surface area is 223 Å². The standard InChI is InChI=1S/C27H44N2O7S/c1-15(24(34)17(3)25(35)26(4,5)20(31)12-23(32)33)8-7-9-27(6)21(36-27)11-19(28)16(2)10-18-14-37-22(13-30)29-18/h14-17,19,21,24,30,34H,7-13,28H2,1-6H3,(H,32,33)/t15-,16?,17+,19-,21-,24-,27+/m0/s1. The normalized spacial score (nSPS) is 23.6. The van der Waals surface area contributed by atoms with Crippen molar-refractivity contribution in [3.63, 3.8) is 0 Å².